The van der Waals surface area contributed by atoms with Gasteiger partial charge in [-0.05, 0) is 35.4 Å². The largest absolute Gasteiger partial charge is 0.316 e. The Morgan fingerprint density at radius 1 is 1.38 bits per heavy atom. The average Bonchev–Trinajstić information content (AvgIpc) is 2.62. The van der Waals surface area contributed by atoms with E-state index in [-0.39, 0.29) is 5.75 Å². The number of sulfonamides is 1. The summed E-state index contributed by atoms with van der Waals surface area (Å²) in [6, 6.07) is 0. The number of thiophene rings is 1. The zero-order valence-electron chi connectivity index (χ0n) is 9.62. The van der Waals surface area contributed by atoms with Gasteiger partial charge in [-0.25, -0.2) is 13.1 Å². The molecule has 1 aromatic heterocycles. The van der Waals surface area contributed by atoms with Crippen molar-refractivity contribution in [3.8, 4) is 0 Å². The summed E-state index contributed by atoms with van der Waals surface area (Å²) in [5, 5.41) is 6.98. The lowest BCUT2D eigenvalue weighted by Gasteiger charge is -2.06. The predicted octanol–water partition coefficient (Wildman–Crippen LogP) is 1.09. The quantitative estimate of drug-likeness (QED) is 0.723. The average molecular weight is 262 g/mol. The second kappa shape index (κ2) is 6.34. The van der Waals surface area contributed by atoms with Crippen LogP contribution < -0.4 is 10.0 Å². The van der Waals surface area contributed by atoms with Crippen LogP contribution in [0.5, 0.6) is 0 Å². The van der Waals surface area contributed by atoms with Crippen LogP contribution in [0.15, 0.2) is 10.8 Å². The zero-order chi connectivity index (χ0) is 12.0. The highest BCUT2D eigenvalue weighted by Crippen LogP contribution is 2.13. The second-order valence-corrected chi connectivity index (χ2v) is 6.24. The fraction of sp³-hybridized carbons (Fsp3) is 0.600. The lowest BCUT2D eigenvalue weighted by molar-refractivity contribution is 0.577. The summed E-state index contributed by atoms with van der Waals surface area (Å²) in [5.74, 6) is 0.129. The van der Waals surface area contributed by atoms with Crippen molar-refractivity contribution >= 4 is 21.4 Å². The highest BCUT2D eigenvalue weighted by molar-refractivity contribution is 7.89. The van der Waals surface area contributed by atoms with Crippen LogP contribution in [0.1, 0.15) is 18.1 Å². The number of aryl methyl sites for hydroxylation is 1. The molecule has 16 heavy (non-hydrogen) atoms. The van der Waals surface area contributed by atoms with Gasteiger partial charge in [0.05, 0.1) is 5.75 Å². The lowest BCUT2D eigenvalue weighted by atomic mass is 10.2. The first-order valence-electron chi connectivity index (χ1n) is 5.25. The summed E-state index contributed by atoms with van der Waals surface area (Å²) in [5.41, 5.74) is 2.19. The zero-order valence-corrected chi connectivity index (χ0v) is 11.2. The van der Waals surface area contributed by atoms with Gasteiger partial charge in [-0.1, -0.05) is 6.92 Å². The molecule has 6 heteroatoms. The first kappa shape index (κ1) is 13.6. The molecule has 0 unspecified atom stereocenters. The molecule has 0 aliphatic carbocycles. The Labute approximate surface area is 101 Å². The molecule has 4 nitrogen and oxygen atoms in total. The van der Waals surface area contributed by atoms with Crippen molar-refractivity contribution in [3.05, 3.63) is 21.9 Å². The normalized spacial score (nSPS) is 11.9. The molecule has 0 saturated carbocycles. The monoisotopic (exact) mass is 262 g/mol. The van der Waals surface area contributed by atoms with E-state index < -0.39 is 10.0 Å². The highest BCUT2D eigenvalue weighted by atomic mass is 32.2. The molecule has 0 spiro atoms. The third kappa shape index (κ3) is 4.61. The Kier molecular flexibility index (Phi) is 5.40. The van der Waals surface area contributed by atoms with Gasteiger partial charge in [-0.3, -0.25) is 0 Å². The SMILES string of the molecule is CCNCCS(=O)(=O)NCc1cscc1C. The van der Waals surface area contributed by atoms with Gasteiger partial charge >= 0.3 is 0 Å². The minimum atomic E-state index is -3.15. The van der Waals surface area contributed by atoms with E-state index in [0.717, 1.165) is 17.7 Å². The summed E-state index contributed by atoms with van der Waals surface area (Å²) in [4.78, 5) is 0. The van der Waals surface area contributed by atoms with Crippen LogP contribution in [0, 0.1) is 6.92 Å². The van der Waals surface area contributed by atoms with Crippen molar-refractivity contribution in [2.75, 3.05) is 18.8 Å². The Bertz CT molecular complexity index is 412. The van der Waals surface area contributed by atoms with Gasteiger partial charge in [-0.2, -0.15) is 11.3 Å². The van der Waals surface area contributed by atoms with Crippen molar-refractivity contribution in [1.82, 2.24) is 10.0 Å². The van der Waals surface area contributed by atoms with E-state index in [2.05, 4.69) is 10.0 Å². The van der Waals surface area contributed by atoms with Crippen molar-refractivity contribution < 1.29 is 8.42 Å². The first-order valence-corrected chi connectivity index (χ1v) is 7.84. The molecule has 0 fully saturated rings. The Morgan fingerprint density at radius 3 is 2.69 bits per heavy atom. The summed E-state index contributed by atoms with van der Waals surface area (Å²) in [6.07, 6.45) is 0. The van der Waals surface area contributed by atoms with Gasteiger partial charge in [0, 0.05) is 13.1 Å². The van der Waals surface area contributed by atoms with E-state index in [0.29, 0.717) is 13.1 Å². The molecule has 0 aliphatic rings. The standard InChI is InChI=1S/C10H18N2O2S2/c1-3-11-4-5-16(13,14)12-6-10-8-15-7-9(10)2/h7-8,11-12H,3-6H2,1-2H3. The van der Waals surface area contributed by atoms with Gasteiger partial charge in [0.2, 0.25) is 10.0 Å². The molecule has 1 aromatic rings. The summed E-state index contributed by atoms with van der Waals surface area (Å²) in [6.45, 7) is 5.62. The summed E-state index contributed by atoms with van der Waals surface area (Å²) in [7, 11) is -3.15. The molecular formula is C10H18N2O2S2. The fourth-order valence-corrected chi connectivity index (χ4v) is 3.00. The Morgan fingerprint density at radius 2 is 2.12 bits per heavy atom. The topological polar surface area (TPSA) is 58.2 Å². The molecule has 0 amide bonds. The van der Waals surface area contributed by atoms with Crippen LogP contribution in [0.4, 0.5) is 0 Å². The van der Waals surface area contributed by atoms with Crippen LogP contribution in [0.25, 0.3) is 0 Å². The molecule has 0 saturated heterocycles. The Hall–Kier alpha value is -0.430. The molecule has 0 aromatic carbocycles. The predicted molar refractivity (Wildman–Crippen MR) is 68.2 cm³/mol. The number of rotatable bonds is 7. The van der Waals surface area contributed by atoms with Gasteiger partial charge in [0.1, 0.15) is 0 Å². The van der Waals surface area contributed by atoms with Gasteiger partial charge < -0.3 is 5.32 Å². The molecule has 0 radical (unpaired) electrons. The maximum absolute atomic E-state index is 11.6. The van der Waals surface area contributed by atoms with Crippen molar-refractivity contribution in [3.63, 3.8) is 0 Å². The maximum atomic E-state index is 11.6. The summed E-state index contributed by atoms with van der Waals surface area (Å²) >= 11 is 1.59. The molecular weight excluding hydrogens is 244 g/mol. The van der Waals surface area contributed by atoms with E-state index in [9.17, 15) is 8.42 Å². The van der Waals surface area contributed by atoms with E-state index in [4.69, 9.17) is 0 Å². The van der Waals surface area contributed by atoms with Crippen LogP contribution >= 0.6 is 11.3 Å². The van der Waals surface area contributed by atoms with E-state index >= 15 is 0 Å². The smallest absolute Gasteiger partial charge is 0.213 e. The van der Waals surface area contributed by atoms with Crippen molar-refractivity contribution in [2.24, 2.45) is 0 Å². The number of nitrogens with one attached hydrogen (secondary N) is 2. The lowest BCUT2D eigenvalue weighted by Crippen LogP contribution is -2.31. The molecule has 1 rings (SSSR count). The fourth-order valence-electron chi connectivity index (χ4n) is 1.21. The molecule has 0 atom stereocenters. The first-order chi connectivity index (χ1) is 7.55. The number of hydrogen-bond donors (Lipinski definition) is 2. The van der Waals surface area contributed by atoms with Gasteiger partial charge in [0.25, 0.3) is 0 Å². The van der Waals surface area contributed by atoms with Gasteiger partial charge in [-0.15, -0.1) is 0 Å². The third-order valence-corrected chi connectivity index (χ3v) is 4.48. The van der Waals surface area contributed by atoms with Crippen LogP contribution in [0.3, 0.4) is 0 Å². The summed E-state index contributed by atoms with van der Waals surface area (Å²) < 4.78 is 25.7. The highest BCUT2D eigenvalue weighted by Gasteiger charge is 2.10. The van der Waals surface area contributed by atoms with E-state index in [1.165, 1.54) is 0 Å². The van der Waals surface area contributed by atoms with Crippen LogP contribution in [-0.2, 0) is 16.6 Å². The van der Waals surface area contributed by atoms with Crippen molar-refractivity contribution in [2.45, 2.75) is 20.4 Å². The van der Waals surface area contributed by atoms with Gasteiger partial charge in [0.15, 0.2) is 0 Å². The second-order valence-electron chi connectivity index (χ2n) is 3.57. The van der Waals surface area contributed by atoms with Crippen molar-refractivity contribution in [1.29, 1.82) is 0 Å². The molecule has 0 aliphatic heterocycles. The minimum Gasteiger partial charge on any atom is -0.316 e. The van der Waals surface area contributed by atoms with Crippen LogP contribution in [0.2, 0.25) is 0 Å². The molecule has 1 heterocycles. The minimum absolute atomic E-state index is 0.129. The Balaban J connectivity index is 2.39. The maximum Gasteiger partial charge on any atom is 0.213 e. The van der Waals surface area contributed by atoms with Crippen LogP contribution in [-0.4, -0.2) is 27.3 Å². The molecule has 92 valence electrons. The van der Waals surface area contributed by atoms with E-state index in [1.807, 2.05) is 24.6 Å². The third-order valence-electron chi connectivity index (χ3n) is 2.24. The molecule has 0 bridgehead atoms. The van der Waals surface area contributed by atoms with E-state index in [1.54, 1.807) is 11.3 Å². The molecule has 2 N–H and O–H groups in total. The number of hydrogen-bond acceptors (Lipinski definition) is 4.